The fourth-order valence-corrected chi connectivity index (χ4v) is 6.92. The van der Waals surface area contributed by atoms with Gasteiger partial charge in [0.05, 0.1) is 17.7 Å². The highest BCUT2D eigenvalue weighted by molar-refractivity contribution is 9.10. The summed E-state index contributed by atoms with van der Waals surface area (Å²) in [7, 11) is -2.78. The molecular weight excluding hydrogens is 666 g/mol. The van der Waals surface area contributed by atoms with Gasteiger partial charge < -0.3 is 15.0 Å². The van der Waals surface area contributed by atoms with Crippen LogP contribution < -0.4 is 14.4 Å². The first-order chi connectivity index (χ1) is 22.0. The van der Waals surface area contributed by atoms with Gasteiger partial charge in [0.25, 0.3) is 10.0 Å². The SMILES string of the molecule is COc1ccc(C)cc1N(CC(=O)N(Cc1cccc(Br)c1)C(Cc1ccccc1)C(=O)NCC(C)C)S(=O)(=O)c1ccccc1. The number of carbonyl (C=O) groups excluding carboxylic acids is 2. The molecule has 0 bridgehead atoms. The number of anilines is 1. The smallest absolute Gasteiger partial charge is 0.264 e. The van der Waals surface area contributed by atoms with E-state index in [2.05, 4.69) is 21.2 Å². The Labute approximate surface area is 280 Å². The lowest BCUT2D eigenvalue weighted by Gasteiger charge is -2.34. The fraction of sp³-hybridized carbons (Fsp3) is 0.278. The average molecular weight is 707 g/mol. The first-order valence-electron chi connectivity index (χ1n) is 15.1. The Kier molecular flexibility index (Phi) is 12.0. The van der Waals surface area contributed by atoms with E-state index in [9.17, 15) is 18.0 Å². The first kappa shape index (κ1) is 34.7. The van der Waals surface area contributed by atoms with E-state index in [0.717, 1.165) is 25.5 Å². The summed E-state index contributed by atoms with van der Waals surface area (Å²) in [6.07, 6.45) is 0.240. The molecule has 242 valence electrons. The van der Waals surface area contributed by atoms with E-state index in [4.69, 9.17) is 4.74 Å². The largest absolute Gasteiger partial charge is 0.495 e. The van der Waals surface area contributed by atoms with Crippen LogP contribution in [0, 0.1) is 12.8 Å². The lowest BCUT2D eigenvalue weighted by molar-refractivity contribution is -0.140. The number of hydrogen-bond acceptors (Lipinski definition) is 5. The minimum absolute atomic E-state index is 0.0282. The van der Waals surface area contributed by atoms with Gasteiger partial charge in [-0.3, -0.25) is 13.9 Å². The highest BCUT2D eigenvalue weighted by Crippen LogP contribution is 2.34. The van der Waals surface area contributed by atoms with Crippen molar-refractivity contribution in [3.05, 3.63) is 124 Å². The van der Waals surface area contributed by atoms with Crippen molar-refractivity contribution in [2.24, 2.45) is 5.92 Å². The highest BCUT2D eigenvalue weighted by atomic mass is 79.9. The third kappa shape index (κ3) is 8.98. The van der Waals surface area contributed by atoms with Gasteiger partial charge in [-0.2, -0.15) is 0 Å². The van der Waals surface area contributed by atoms with E-state index in [0.29, 0.717) is 12.3 Å². The average Bonchev–Trinajstić information content (AvgIpc) is 3.04. The lowest BCUT2D eigenvalue weighted by Crippen LogP contribution is -2.53. The van der Waals surface area contributed by atoms with Crippen LogP contribution in [0.25, 0.3) is 0 Å². The minimum Gasteiger partial charge on any atom is -0.495 e. The fourth-order valence-electron chi connectivity index (χ4n) is 5.04. The highest BCUT2D eigenvalue weighted by Gasteiger charge is 2.35. The number of aryl methyl sites for hydroxylation is 1. The maximum absolute atomic E-state index is 14.6. The molecule has 0 saturated heterocycles. The topological polar surface area (TPSA) is 96.0 Å². The zero-order valence-corrected chi connectivity index (χ0v) is 28.9. The number of nitrogens with zero attached hydrogens (tertiary/aromatic N) is 2. The van der Waals surface area contributed by atoms with Gasteiger partial charge in [-0.1, -0.05) is 96.5 Å². The lowest BCUT2D eigenvalue weighted by atomic mass is 10.0. The van der Waals surface area contributed by atoms with Crippen molar-refractivity contribution in [1.29, 1.82) is 0 Å². The monoisotopic (exact) mass is 705 g/mol. The van der Waals surface area contributed by atoms with Crippen molar-refractivity contribution in [3.8, 4) is 5.75 Å². The van der Waals surface area contributed by atoms with Crippen LogP contribution in [0.1, 0.15) is 30.5 Å². The van der Waals surface area contributed by atoms with Crippen LogP contribution >= 0.6 is 15.9 Å². The van der Waals surface area contributed by atoms with Crippen molar-refractivity contribution in [2.45, 2.75) is 44.7 Å². The molecule has 1 atom stereocenters. The Hall–Kier alpha value is -4.15. The number of benzene rings is 4. The third-order valence-electron chi connectivity index (χ3n) is 7.41. The van der Waals surface area contributed by atoms with E-state index in [1.54, 1.807) is 30.3 Å². The van der Waals surface area contributed by atoms with E-state index in [1.807, 2.05) is 81.4 Å². The Balaban J connectivity index is 1.84. The summed E-state index contributed by atoms with van der Waals surface area (Å²) in [4.78, 5) is 30.1. The Morgan fingerprint density at radius 3 is 2.15 bits per heavy atom. The third-order valence-corrected chi connectivity index (χ3v) is 9.68. The maximum atomic E-state index is 14.6. The van der Waals surface area contributed by atoms with Crippen molar-refractivity contribution >= 4 is 43.5 Å². The number of rotatable bonds is 14. The second kappa shape index (κ2) is 15.9. The molecule has 0 heterocycles. The van der Waals surface area contributed by atoms with Gasteiger partial charge in [0.15, 0.2) is 0 Å². The number of methoxy groups -OCH3 is 1. The van der Waals surface area contributed by atoms with Crippen LogP contribution in [0.3, 0.4) is 0 Å². The van der Waals surface area contributed by atoms with Gasteiger partial charge in [0.1, 0.15) is 18.3 Å². The second-order valence-electron chi connectivity index (χ2n) is 11.5. The number of nitrogens with one attached hydrogen (secondary N) is 1. The van der Waals surface area contributed by atoms with Crippen molar-refractivity contribution in [1.82, 2.24) is 10.2 Å². The Morgan fingerprint density at radius 1 is 0.870 bits per heavy atom. The summed E-state index contributed by atoms with van der Waals surface area (Å²) in [5.41, 5.74) is 2.67. The number of amides is 2. The molecule has 0 aromatic heterocycles. The van der Waals surface area contributed by atoms with Crippen LogP contribution in [0.4, 0.5) is 5.69 Å². The van der Waals surface area contributed by atoms with Crippen molar-refractivity contribution in [2.75, 3.05) is 24.5 Å². The predicted molar refractivity (Wildman–Crippen MR) is 185 cm³/mol. The molecule has 0 saturated carbocycles. The molecule has 10 heteroatoms. The predicted octanol–water partition coefficient (Wildman–Crippen LogP) is 6.37. The molecule has 0 spiro atoms. The summed E-state index contributed by atoms with van der Waals surface area (Å²) < 4.78 is 36.0. The maximum Gasteiger partial charge on any atom is 0.264 e. The molecule has 0 radical (unpaired) electrons. The van der Waals surface area contributed by atoms with E-state index >= 15 is 0 Å². The standard InChI is InChI=1S/C36H40BrN3O5S/c1-26(2)23-38-36(42)33(22-28-12-7-5-8-13-28)39(24-29-14-11-15-30(37)21-29)35(41)25-40(32-20-27(3)18-19-34(32)45-4)46(43,44)31-16-9-6-10-17-31/h5-21,26,33H,22-25H2,1-4H3,(H,38,42). The number of hydrogen-bond donors (Lipinski definition) is 1. The van der Waals surface area contributed by atoms with E-state index in [1.165, 1.54) is 24.1 Å². The summed E-state index contributed by atoms with van der Waals surface area (Å²) in [6.45, 7) is 5.78. The molecule has 0 aliphatic rings. The van der Waals surface area contributed by atoms with Gasteiger partial charge in [0.2, 0.25) is 11.8 Å². The molecule has 46 heavy (non-hydrogen) atoms. The van der Waals surface area contributed by atoms with Gasteiger partial charge in [0, 0.05) is 24.0 Å². The van der Waals surface area contributed by atoms with Crippen LogP contribution in [0.2, 0.25) is 0 Å². The molecule has 2 amide bonds. The zero-order chi connectivity index (χ0) is 33.3. The van der Waals surface area contributed by atoms with Gasteiger partial charge in [-0.05, 0) is 65.9 Å². The second-order valence-corrected chi connectivity index (χ2v) is 14.3. The molecule has 8 nitrogen and oxygen atoms in total. The summed E-state index contributed by atoms with van der Waals surface area (Å²) >= 11 is 3.51. The van der Waals surface area contributed by atoms with Crippen molar-refractivity contribution in [3.63, 3.8) is 0 Å². The van der Waals surface area contributed by atoms with Gasteiger partial charge in [-0.25, -0.2) is 8.42 Å². The van der Waals surface area contributed by atoms with Crippen molar-refractivity contribution < 1.29 is 22.7 Å². The Morgan fingerprint density at radius 2 is 1.52 bits per heavy atom. The normalized spacial score (nSPS) is 12.0. The van der Waals surface area contributed by atoms with Crippen LogP contribution in [-0.2, 0) is 32.6 Å². The van der Waals surface area contributed by atoms with Gasteiger partial charge in [-0.15, -0.1) is 0 Å². The first-order valence-corrected chi connectivity index (χ1v) is 17.3. The molecular formula is C36H40BrN3O5S. The summed E-state index contributed by atoms with van der Waals surface area (Å²) in [6, 6.07) is 29.2. The van der Waals surface area contributed by atoms with Crippen LogP contribution in [0.5, 0.6) is 5.75 Å². The Bertz CT molecular complexity index is 1730. The van der Waals surface area contributed by atoms with Crippen LogP contribution in [0.15, 0.2) is 112 Å². The van der Waals surface area contributed by atoms with E-state index in [-0.39, 0.29) is 35.4 Å². The molecule has 0 aliphatic heterocycles. The quantitative estimate of drug-likeness (QED) is 0.164. The summed E-state index contributed by atoms with van der Waals surface area (Å²) in [5, 5.41) is 3.01. The molecule has 1 unspecified atom stereocenters. The molecule has 4 aromatic carbocycles. The number of carbonyl (C=O) groups is 2. The summed E-state index contributed by atoms with van der Waals surface area (Å²) in [5.74, 6) is -0.363. The molecule has 0 fully saturated rings. The van der Waals surface area contributed by atoms with Gasteiger partial charge >= 0.3 is 0 Å². The zero-order valence-electron chi connectivity index (χ0n) is 26.5. The number of sulfonamides is 1. The molecule has 0 aliphatic carbocycles. The number of halogens is 1. The van der Waals surface area contributed by atoms with E-state index < -0.39 is 28.5 Å². The van der Waals surface area contributed by atoms with Crippen LogP contribution in [-0.4, -0.2) is 51.4 Å². The minimum atomic E-state index is -4.24. The number of ether oxygens (including phenoxy) is 1. The molecule has 4 aromatic rings. The molecule has 1 N–H and O–H groups in total. The molecule has 4 rings (SSSR count).